The molecule has 1 aromatic carbocycles. The summed E-state index contributed by atoms with van der Waals surface area (Å²) in [6.45, 7) is 7.96. The normalized spacial score (nSPS) is 11.1. The molecule has 0 fully saturated rings. The lowest BCUT2D eigenvalue weighted by atomic mass is 10.0. The summed E-state index contributed by atoms with van der Waals surface area (Å²) >= 11 is 0. The number of ketones is 1. The molecule has 2 rings (SSSR count). The van der Waals surface area contributed by atoms with Crippen LogP contribution in [0.5, 0.6) is 0 Å². The van der Waals surface area contributed by atoms with E-state index in [1.165, 1.54) is 4.57 Å². The molecule has 0 atom stereocenters. The first-order chi connectivity index (χ1) is 9.40. The summed E-state index contributed by atoms with van der Waals surface area (Å²) in [6, 6.07) is 5.72. The van der Waals surface area contributed by atoms with Crippen LogP contribution < -0.4 is 5.69 Å². The average molecular weight is 272 g/mol. The molecule has 0 spiro atoms. The summed E-state index contributed by atoms with van der Waals surface area (Å²) in [7, 11) is 0. The Labute approximate surface area is 118 Å². The van der Waals surface area contributed by atoms with Gasteiger partial charge in [-0.2, -0.15) is 0 Å². The number of hydrogen-bond donors (Lipinski definition) is 0. The number of imidazole rings is 1. The molecule has 0 N–H and O–H groups in total. The SMILES string of the molecule is Cc1ccc(C(=O)Cn2ccn(C(C)C)c2=O)cc1C. The Kier molecular flexibility index (Phi) is 3.93. The number of aromatic nitrogens is 2. The van der Waals surface area contributed by atoms with Crippen molar-refractivity contribution in [2.24, 2.45) is 0 Å². The number of carbonyl (C=O) groups excluding carboxylic acids is 1. The van der Waals surface area contributed by atoms with Gasteiger partial charge in [0.2, 0.25) is 0 Å². The maximum Gasteiger partial charge on any atom is 0.328 e. The highest BCUT2D eigenvalue weighted by Crippen LogP contribution is 2.11. The molecule has 4 nitrogen and oxygen atoms in total. The van der Waals surface area contributed by atoms with Crippen molar-refractivity contribution in [2.45, 2.75) is 40.3 Å². The number of benzene rings is 1. The van der Waals surface area contributed by atoms with Gasteiger partial charge < -0.3 is 0 Å². The molecular formula is C16H20N2O2. The van der Waals surface area contributed by atoms with Crippen molar-refractivity contribution in [1.29, 1.82) is 0 Å². The van der Waals surface area contributed by atoms with Gasteiger partial charge in [0.1, 0.15) is 0 Å². The maximum absolute atomic E-state index is 12.2. The highest BCUT2D eigenvalue weighted by atomic mass is 16.2. The van der Waals surface area contributed by atoms with E-state index in [2.05, 4.69) is 0 Å². The zero-order valence-corrected chi connectivity index (χ0v) is 12.4. The van der Waals surface area contributed by atoms with Crippen molar-refractivity contribution in [2.75, 3.05) is 0 Å². The molecule has 0 amide bonds. The third-order valence-electron chi connectivity index (χ3n) is 3.57. The molecule has 0 aliphatic rings. The van der Waals surface area contributed by atoms with E-state index >= 15 is 0 Å². The Balaban J connectivity index is 2.24. The molecular weight excluding hydrogens is 252 g/mol. The zero-order chi connectivity index (χ0) is 14.9. The van der Waals surface area contributed by atoms with Crippen LogP contribution in [0.1, 0.15) is 41.4 Å². The fourth-order valence-corrected chi connectivity index (χ4v) is 2.10. The van der Waals surface area contributed by atoms with Gasteiger partial charge in [-0.25, -0.2) is 4.79 Å². The van der Waals surface area contributed by atoms with E-state index in [1.807, 2.05) is 45.9 Å². The van der Waals surface area contributed by atoms with Gasteiger partial charge in [0, 0.05) is 24.0 Å². The number of aryl methyl sites for hydroxylation is 2. The Morgan fingerprint density at radius 2 is 1.85 bits per heavy atom. The van der Waals surface area contributed by atoms with Crippen LogP contribution in [0.25, 0.3) is 0 Å². The van der Waals surface area contributed by atoms with E-state index in [1.54, 1.807) is 17.0 Å². The third kappa shape index (κ3) is 2.74. The number of carbonyl (C=O) groups is 1. The van der Waals surface area contributed by atoms with Gasteiger partial charge in [-0.15, -0.1) is 0 Å². The van der Waals surface area contributed by atoms with Gasteiger partial charge in [-0.1, -0.05) is 12.1 Å². The fraction of sp³-hybridized carbons (Fsp3) is 0.375. The summed E-state index contributed by atoms with van der Waals surface area (Å²) < 4.78 is 3.07. The lowest BCUT2D eigenvalue weighted by Gasteiger charge is -2.06. The molecule has 1 aromatic heterocycles. The Bertz CT molecular complexity index is 693. The standard InChI is InChI=1S/C16H20N2O2/c1-11(2)18-8-7-17(16(18)20)10-15(19)14-6-5-12(3)13(4)9-14/h5-9,11H,10H2,1-4H3. The summed E-state index contributed by atoms with van der Waals surface area (Å²) in [5.74, 6) is -0.0447. The van der Waals surface area contributed by atoms with E-state index in [9.17, 15) is 9.59 Å². The highest BCUT2D eigenvalue weighted by Gasteiger charge is 2.12. The zero-order valence-electron chi connectivity index (χ0n) is 12.4. The van der Waals surface area contributed by atoms with Crippen molar-refractivity contribution in [3.63, 3.8) is 0 Å². The molecule has 0 bridgehead atoms. The molecule has 0 aliphatic heterocycles. The van der Waals surface area contributed by atoms with E-state index in [0.29, 0.717) is 5.56 Å². The van der Waals surface area contributed by atoms with Gasteiger partial charge in [-0.3, -0.25) is 13.9 Å². The fourth-order valence-electron chi connectivity index (χ4n) is 2.10. The molecule has 0 unspecified atom stereocenters. The number of hydrogen-bond acceptors (Lipinski definition) is 2. The number of nitrogens with zero attached hydrogens (tertiary/aromatic N) is 2. The van der Waals surface area contributed by atoms with Gasteiger partial charge in [0.05, 0.1) is 6.54 Å². The second kappa shape index (κ2) is 5.49. The predicted octanol–water partition coefficient (Wildman–Crippen LogP) is 2.73. The lowest BCUT2D eigenvalue weighted by molar-refractivity contribution is 0.0970. The minimum absolute atomic E-state index is 0.0447. The van der Waals surface area contributed by atoms with Crippen LogP contribution in [0, 0.1) is 13.8 Å². The quantitative estimate of drug-likeness (QED) is 0.803. The molecule has 2 aromatic rings. The molecule has 0 saturated heterocycles. The van der Waals surface area contributed by atoms with Crippen LogP contribution in [0.4, 0.5) is 0 Å². The van der Waals surface area contributed by atoms with Crippen LogP contribution in [0.15, 0.2) is 35.4 Å². The van der Waals surface area contributed by atoms with Crippen LogP contribution in [-0.2, 0) is 6.54 Å². The van der Waals surface area contributed by atoms with Gasteiger partial charge >= 0.3 is 5.69 Å². The monoisotopic (exact) mass is 272 g/mol. The van der Waals surface area contributed by atoms with Crippen LogP contribution in [0.2, 0.25) is 0 Å². The van der Waals surface area contributed by atoms with Crippen molar-refractivity contribution in [3.8, 4) is 0 Å². The minimum atomic E-state index is -0.141. The van der Waals surface area contributed by atoms with Crippen molar-refractivity contribution < 1.29 is 4.79 Å². The maximum atomic E-state index is 12.2. The molecule has 0 radical (unpaired) electrons. The molecule has 0 aliphatic carbocycles. The third-order valence-corrected chi connectivity index (χ3v) is 3.57. The second-order valence-corrected chi connectivity index (χ2v) is 5.43. The minimum Gasteiger partial charge on any atom is -0.297 e. The smallest absolute Gasteiger partial charge is 0.297 e. The molecule has 1 heterocycles. The molecule has 20 heavy (non-hydrogen) atoms. The first-order valence-electron chi connectivity index (χ1n) is 6.78. The highest BCUT2D eigenvalue weighted by molar-refractivity contribution is 5.96. The van der Waals surface area contributed by atoms with E-state index < -0.39 is 0 Å². The largest absolute Gasteiger partial charge is 0.328 e. The summed E-state index contributed by atoms with van der Waals surface area (Å²) in [6.07, 6.45) is 3.39. The Morgan fingerprint density at radius 1 is 1.15 bits per heavy atom. The molecule has 106 valence electrons. The van der Waals surface area contributed by atoms with Crippen molar-refractivity contribution in [1.82, 2.24) is 9.13 Å². The van der Waals surface area contributed by atoms with Crippen molar-refractivity contribution >= 4 is 5.78 Å². The van der Waals surface area contributed by atoms with Gasteiger partial charge in [0.15, 0.2) is 5.78 Å². The number of Topliss-reactive ketones (excluding diaryl/α,β-unsaturated/α-hetero) is 1. The van der Waals surface area contributed by atoms with Crippen LogP contribution in [0.3, 0.4) is 0 Å². The van der Waals surface area contributed by atoms with Crippen LogP contribution in [-0.4, -0.2) is 14.9 Å². The van der Waals surface area contributed by atoms with Crippen molar-refractivity contribution in [3.05, 3.63) is 57.8 Å². The Morgan fingerprint density at radius 3 is 2.40 bits per heavy atom. The molecule has 0 saturated carbocycles. The predicted molar refractivity (Wildman–Crippen MR) is 79.3 cm³/mol. The van der Waals surface area contributed by atoms with E-state index in [-0.39, 0.29) is 24.1 Å². The Hall–Kier alpha value is -2.10. The lowest BCUT2D eigenvalue weighted by Crippen LogP contribution is -2.27. The topological polar surface area (TPSA) is 44.0 Å². The average Bonchev–Trinajstić information content (AvgIpc) is 2.74. The summed E-state index contributed by atoms with van der Waals surface area (Å²) in [5, 5.41) is 0. The first-order valence-corrected chi connectivity index (χ1v) is 6.78. The van der Waals surface area contributed by atoms with Gasteiger partial charge in [0.25, 0.3) is 0 Å². The first kappa shape index (κ1) is 14.3. The van der Waals surface area contributed by atoms with E-state index in [4.69, 9.17) is 0 Å². The summed E-state index contributed by atoms with van der Waals surface area (Å²) in [4.78, 5) is 24.3. The summed E-state index contributed by atoms with van der Waals surface area (Å²) in [5.41, 5.74) is 2.75. The molecule has 4 heteroatoms. The van der Waals surface area contributed by atoms with E-state index in [0.717, 1.165) is 11.1 Å². The number of rotatable bonds is 4. The van der Waals surface area contributed by atoms with Crippen LogP contribution >= 0.6 is 0 Å². The second-order valence-electron chi connectivity index (χ2n) is 5.43. The van der Waals surface area contributed by atoms with Gasteiger partial charge in [-0.05, 0) is 44.9 Å².